The molecule has 0 heterocycles. The molecular formula is C49H47Cl5N8O8. The van der Waals surface area contributed by atoms with E-state index >= 15 is 0 Å². The number of carbonyl (C=O) groups is 6. The van der Waals surface area contributed by atoms with Gasteiger partial charge in [0.25, 0.3) is 23.6 Å². The van der Waals surface area contributed by atoms with Crippen molar-refractivity contribution in [2.24, 2.45) is 20.5 Å². The Labute approximate surface area is 428 Å². The summed E-state index contributed by atoms with van der Waals surface area (Å²) in [6.45, 7) is 10.2. The zero-order chi connectivity index (χ0) is 51.2. The van der Waals surface area contributed by atoms with Gasteiger partial charge in [0.05, 0.1) is 45.1 Å². The standard InChI is InChI=1S/C49H47Cl5N8O8/c1-7-69-38-19-11-15-34(40(38)25(3)51)57-46(65)31-13-9-17-36(42(31)53)59-61-44(27(5)63)48(67)55-30-21-22-33(29(23-30)24-50)56-49(68)45(28(6)64)62-60-37-18-10-14-32(43(37)54)47(66)58-35-16-12-20-39(70-8-2)41(35)26(4)52/h9-23,25-26,44-45H,7-8,24H2,1-6H3,(H,55,67)(H,56,68)(H,57,65)(H,58,66). The number of carbonyl (C=O) groups excluding carboxylic acids is 6. The molecular weight excluding hydrogens is 1010 g/mol. The van der Waals surface area contributed by atoms with Crippen LogP contribution in [-0.2, 0) is 25.1 Å². The second kappa shape index (κ2) is 25.4. The van der Waals surface area contributed by atoms with E-state index in [1.54, 1.807) is 50.2 Å². The lowest BCUT2D eigenvalue weighted by atomic mass is 10.1. The van der Waals surface area contributed by atoms with Crippen molar-refractivity contribution in [3.63, 3.8) is 0 Å². The van der Waals surface area contributed by atoms with E-state index in [1.807, 2.05) is 13.8 Å². The highest BCUT2D eigenvalue weighted by Crippen LogP contribution is 2.39. The van der Waals surface area contributed by atoms with Crippen molar-refractivity contribution in [1.29, 1.82) is 0 Å². The summed E-state index contributed by atoms with van der Waals surface area (Å²) in [7, 11) is 0. The average molecular weight is 1050 g/mol. The minimum Gasteiger partial charge on any atom is -0.493 e. The lowest BCUT2D eigenvalue weighted by Crippen LogP contribution is -2.32. The molecule has 0 aliphatic carbocycles. The Hall–Kier alpha value is -6.43. The molecule has 0 bridgehead atoms. The number of hydrogen-bond acceptors (Lipinski definition) is 12. The first-order valence-corrected chi connectivity index (χ1v) is 23.7. The molecule has 21 heteroatoms. The van der Waals surface area contributed by atoms with Crippen LogP contribution in [0.1, 0.15) is 89.7 Å². The van der Waals surface area contributed by atoms with Crippen molar-refractivity contribution < 1.29 is 38.2 Å². The van der Waals surface area contributed by atoms with Crippen molar-refractivity contribution >= 4 is 127 Å². The van der Waals surface area contributed by atoms with Crippen molar-refractivity contribution in [1.82, 2.24) is 0 Å². The fraction of sp³-hybridized carbons (Fsp3) is 0.265. The molecule has 4 atom stereocenters. The fourth-order valence-corrected chi connectivity index (χ4v) is 7.98. The minimum atomic E-state index is -1.65. The highest BCUT2D eigenvalue weighted by molar-refractivity contribution is 6.37. The zero-order valence-corrected chi connectivity index (χ0v) is 42.3. The molecule has 5 aromatic rings. The summed E-state index contributed by atoms with van der Waals surface area (Å²) in [6, 6.07) is 20.1. The van der Waals surface area contributed by atoms with E-state index in [4.69, 9.17) is 67.5 Å². The van der Waals surface area contributed by atoms with E-state index in [0.717, 1.165) is 13.8 Å². The minimum absolute atomic E-state index is 0.00313. The fourth-order valence-electron chi connectivity index (χ4n) is 6.81. The number of alkyl halides is 3. The van der Waals surface area contributed by atoms with Crippen LogP contribution in [0.25, 0.3) is 0 Å². The number of ether oxygens (including phenoxy) is 2. The van der Waals surface area contributed by atoms with E-state index in [1.165, 1.54) is 54.6 Å². The molecule has 4 unspecified atom stereocenters. The van der Waals surface area contributed by atoms with Gasteiger partial charge >= 0.3 is 0 Å². The maximum absolute atomic E-state index is 13.5. The highest BCUT2D eigenvalue weighted by atomic mass is 35.5. The largest absolute Gasteiger partial charge is 0.493 e. The molecule has 0 aliphatic heterocycles. The molecule has 0 aromatic heterocycles. The van der Waals surface area contributed by atoms with Crippen molar-refractivity contribution in [2.75, 3.05) is 34.5 Å². The number of ketones is 2. The topological polar surface area (TPSA) is 218 Å². The van der Waals surface area contributed by atoms with Crippen molar-refractivity contribution in [2.45, 2.75) is 70.3 Å². The van der Waals surface area contributed by atoms with Gasteiger partial charge < -0.3 is 30.7 Å². The Morgan fingerprint density at radius 1 is 0.571 bits per heavy atom. The van der Waals surface area contributed by atoms with Gasteiger partial charge in [-0.15, -0.1) is 34.8 Å². The van der Waals surface area contributed by atoms with Crippen LogP contribution in [-0.4, -0.2) is 60.5 Å². The van der Waals surface area contributed by atoms with Gasteiger partial charge in [0.1, 0.15) is 22.9 Å². The first-order chi connectivity index (χ1) is 33.4. The second-order valence-corrected chi connectivity index (χ2v) is 17.5. The number of benzene rings is 5. The third-order valence-corrected chi connectivity index (χ3v) is 11.6. The van der Waals surface area contributed by atoms with Crippen molar-refractivity contribution in [3.8, 4) is 11.5 Å². The van der Waals surface area contributed by atoms with Gasteiger partial charge in [0.15, 0.2) is 11.6 Å². The van der Waals surface area contributed by atoms with Crippen LogP contribution in [0, 0.1) is 0 Å². The second-order valence-electron chi connectivity index (χ2n) is 15.2. The molecule has 0 saturated carbocycles. The Morgan fingerprint density at radius 2 is 1.00 bits per heavy atom. The van der Waals surface area contributed by atoms with Gasteiger partial charge in [-0.3, -0.25) is 28.8 Å². The molecule has 5 rings (SSSR count). The molecule has 16 nitrogen and oxygen atoms in total. The van der Waals surface area contributed by atoms with Gasteiger partial charge in [-0.05, 0) is 114 Å². The monoisotopic (exact) mass is 1050 g/mol. The van der Waals surface area contributed by atoms with E-state index in [9.17, 15) is 28.8 Å². The summed E-state index contributed by atoms with van der Waals surface area (Å²) < 4.78 is 11.4. The summed E-state index contributed by atoms with van der Waals surface area (Å²) in [5, 5.41) is 25.7. The summed E-state index contributed by atoms with van der Waals surface area (Å²) in [5.41, 5.74) is 2.71. The SMILES string of the molecule is CCOc1cccc(NC(=O)c2cccc(N=NC(C(C)=O)C(=O)Nc3ccc(NC(=O)C(N=Nc4cccc(C(=O)Nc5cccc(OCC)c5C(C)Cl)c4Cl)C(C)=O)c(CCl)c3)c2Cl)c1C(C)Cl. The zero-order valence-electron chi connectivity index (χ0n) is 38.5. The number of hydrogen-bond donors (Lipinski definition) is 4. The maximum Gasteiger partial charge on any atom is 0.258 e. The first-order valence-electron chi connectivity index (χ1n) is 21.5. The van der Waals surface area contributed by atoms with E-state index < -0.39 is 58.0 Å². The lowest BCUT2D eigenvalue weighted by molar-refractivity contribution is -0.127. The van der Waals surface area contributed by atoms with Crippen LogP contribution in [0.15, 0.2) is 111 Å². The first kappa shape index (κ1) is 54.5. The number of rotatable bonds is 21. The number of azo groups is 2. The van der Waals surface area contributed by atoms with E-state index in [2.05, 4.69) is 41.7 Å². The molecule has 366 valence electrons. The van der Waals surface area contributed by atoms with E-state index in [-0.39, 0.29) is 49.8 Å². The Morgan fingerprint density at radius 3 is 1.40 bits per heavy atom. The van der Waals surface area contributed by atoms with Gasteiger partial charge in [-0.25, -0.2) is 0 Å². The van der Waals surface area contributed by atoms with Crippen LogP contribution in [0.5, 0.6) is 11.5 Å². The molecule has 0 radical (unpaired) electrons. The highest BCUT2D eigenvalue weighted by Gasteiger charge is 2.27. The van der Waals surface area contributed by atoms with Crippen LogP contribution >= 0.6 is 58.0 Å². The van der Waals surface area contributed by atoms with Gasteiger partial charge in [0.2, 0.25) is 12.1 Å². The summed E-state index contributed by atoms with van der Waals surface area (Å²) in [5.74, 6) is -3.38. The predicted octanol–water partition coefficient (Wildman–Crippen LogP) is 13.0. The number of Topliss-reactive ketones (excluding diaryl/α,β-unsaturated/α-hetero) is 2. The Bertz CT molecular complexity index is 2860. The quantitative estimate of drug-likeness (QED) is 0.0314. The Balaban J connectivity index is 1.28. The molecule has 70 heavy (non-hydrogen) atoms. The normalized spacial score (nSPS) is 13.0. The van der Waals surface area contributed by atoms with Gasteiger partial charge in [0, 0.05) is 39.8 Å². The molecule has 4 N–H and O–H groups in total. The molecule has 0 fully saturated rings. The average Bonchev–Trinajstić information content (AvgIpc) is 3.30. The number of nitrogens with zero attached hydrogens (tertiary/aromatic N) is 4. The number of amides is 4. The Kier molecular flexibility index (Phi) is 19.8. The van der Waals surface area contributed by atoms with Gasteiger partial charge in [-0.2, -0.15) is 20.5 Å². The molecule has 4 amide bonds. The number of halogens is 5. The molecule has 0 spiro atoms. The maximum atomic E-state index is 13.5. The molecule has 5 aromatic carbocycles. The third kappa shape index (κ3) is 13.7. The summed E-state index contributed by atoms with van der Waals surface area (Å²) in [6.07, 6.45) is 0. The van der Waals surface area contributed by atoms with Gasteiger partial charge in [-0.1, -0.05) is 47.5 Å². The summed E-state index contributed by atoms with van der Waals surface area (Å²) >= 11 is 32.4. The van der Waals surface area contributed by atoms with E-state index in [0.29, 0.717) is 52.8 Å². The van der Waals surface area contributed by atoms with Crippen LogP contribution in [0.4, 0.5) is 34.1 Å². The van der Waals surface area contributed by atoms with Crippen molar-refractivity contribution in [3.05, 3.63) is 129 Å². The van der Waals surface area contributed by atoms with Crippen LogP contribution in [0.2, 0.25) is 10.0 Å². The third-order valence-electron chi connectivity index (χ3n) is 10.1. The smallest absolute Gasteiger partial charge is 0.258 e. The van der Waals surface area contributed by atoms with Crippen LogP contribution in [0.3, 0.4) is 0 Å². The molecule has 0 aliphatic rings. The summed E-state index contributed by atoms with van der Waals surface area (Å²) in [4.78, 5) is 79.3. The molecule has 0 saturated heterocycles. The van der Waals surface area contributed by atoms with Crippen LogP contribution < -0.4 is 30.7 Å². The predicted molar refractivity (Wildman–Crippen MR) is 274 cm³/mol. The number of nitrogens with one attached hydrogen (secondary N) is 4. The number of anilines is 4. The lowest BCUT2D eigenvalue weighted by Gasteiger charge is -2.17.